The fourth-order valence-corrected chi connectivity index (χ4v) is 6.55. The Morgan fingerprint density at radius 2 is 1.74 bits per heavy atom. The molecular weight excluding hydrogens is 340 g/mol. The van der Waals surface area contributed by atoms with Gasteiger partial charge in [0.15, 0.2) is 5.78 Å². The largest absolute Gasteiger partial charge is 0.481 e. The van der Waals surface area contributed by atoms with Crippen molar-refractivity contribution in [1.29, 1.82) is 0 Å². The summed E-state index contributed by atoms with van der Waals surface area (Å²) in [7, 11) is 0. The van der Waals surface area contributed by atoms with Crippen LogP contribution in [-0.4, -0.2) is 22.6 Å². The molecule has 0 aromatic heterocycles. The normalized spacial score (nSPS) is 39.7. The van der Waals surface area contributed by atoms with Gasteiger partial charge >= 0.3 is 0 Å². The van der Waals surface area contributed by atoms with Gasteiger partial charge in [0.2, 0.25) is 0 Å². The summed E-state index contributed by atoms with van der Waals surface area (Å²) in [6.07, 6.45) is 11.7. The van der Waals surface area contributed by atoms with Gasteiger partial charge in [-0.3, -0.25) is 14.4 Å². The molecule has 4 aliphatic carbocycles. The van der Waals surface area contributed by atoms with Gasteiger partial charge in [-0.25, -0.2) is 0 Å². The van der Waals surface area contributed by atoms with Gasteiger partial charge in [-0.2, -0.15) is 0 Å². The fraction of sp³-hybridized carbons (Fsp3) is 0.696. The minimum atomic E-state index is -0.833. The second-order valence-corrected chi connectivity index (χ2v) is 9.38. The molecular formula is C23H32O4. The van der Waals surface area contributed by atoms with Gasteiger partial charge in [0.1, 0.15) is 5.78 Å². The van der Waals surface area contributed by atoms with Gasteiger partial charge in [0.05, 0.1) is 0 Å². The van der Waals surface area contributed by atoms with Crippen LogP contribution in [0.2, 0.25) is 0 Å². The predicted octanol–water partition coefficient (Wildman–Crippen LogP) is 4.73. The average molecular weight is 373 g/mol. The molecule has 3 saturated carbocycles. The first-order valence-corrected chi connectivity index (χ1v) is 10.2. The van der Waals surface area contributed by atoms with Crippen molar-refractivity contribution in [2.45, 2.75) is 72.6 Å². The molecule has 0 aliphatic heterocycles. The van der Waals surface area contributed by atoms with Crippen molar-refractivity contribution in [3.05, 3.63) is 23.3 Å². The first kappa shape index (κ1) is 20.0. The van der Waals surface area contributed by atoms with Crippen molar-refractivity contribution in [2.75, 3.05) is 0 Å². The number of rotatable bonds is 1. The Morgan fingerprint density at radius 3 is 2.37 bits per heavy atom. The molecule has 0 spiro atoms. The number of Topliss-reactive ketones (excluding diaryl/α,β-unsaturated/α-hetero) is 2. The van der Waals surface area contributed by atoms with Gasteiger partial charge in [0.25, 0.3) is 5.97 Å². The molecule has 0 heterocycles. The fourth-order valence-electron chi connectivity index (χ4n) is 6.55. The lowest BCUT2D eigenvalue weighted by Crippen LogP contribution is -2.51. The molecule has 5 atom stereocenters. The van der Waals surface area contributed by atoms with E-state index in [1.807, 2.05) is 0 Å². The summed E-state index contributed by atoms with van der Waals surface area (Å²) in [4.78, 5) is 33.0. The molecule has 0 saturated heterocycles. The minimum absolute atomic E-state index is 0.0132. The number of hydrogen-bond acceptors (Lipinski definition) is 3. The Bertz CT molecular complexity index is 727. The molecule has 4 nitrogen and oxygen atoms in total. The average Bonchev–Trinajstić information content (AvgIpc) is 2.92. The number of fused-ring (bicyclic) bond motifs is 5. The molecule has 27 heavy (non-hydrogen) atoms. The van der Waals surface area contributed by atoms with Crippen molar-refractivity contribution in [3.8, 4) is 0 Å². The van der Waals surface area contributed by atoms with Gasteiger partial charge in [-0.1, -0.05) is 31.6 Å². The summed E-state index contributed by atoms with van der Waals surface area (Å²) in [5.74, 6) is 1.80. The predicted molar refractivity (Wildman–Crippen MR) is 104 cm³/mol. The van der Waals surface area contributed by atoms with E-state index in [0.29, 0.717) is 29.0 Å². The highest BCUT2D eigenvalue weighted by atomic mass is 16.4. The van der Waals surface area contributed by atoms with Gasteiger partial charge in [-0.05, 0) is 62.2 Å². The van der Waals surface area contributed by atoms with Crippen LogP contribution in [0.3, 0.4) is 0 Å². The molecule has 148 valence electrons. The molecule has 1 N–H and O–H groups in total. The second kappa shape index (κ2) is 7.03. The molecule has 4 aliphatic rings. The lowest BCUT2D eigenvalue weighted by molar-refractivity contribution is -0.134. The highest BCUT2D eigenvalue weighted by Gasteiger charge is 2.56. The van der Waals surface area contributed by atoms with Crippen LogP contribution in [0.1, 0.15) is 72.6 Å². The maximum atomic E-state index is 12.1. The molecule has 0 radical (unpaired) electrons. The third kappa shape index (κ3) is 3.32. The van der Waals surface area contributed by atoms with E-state index < -0.39 is 5.97 Å². The molecule has 0 aromatic carbocycles. The van der Waals surface area contributed by atoms with Crippen LogP contribution in [0.15, 0.2) is 23.3 Å². The first-order chi connectivity index (χ1) is 12.6. The van der Waals surface area contributed by atoms with Crippen LogP contribution in [0.4, 0.5) is 0 Å². The minimum Gasteiger partial charge on any atom is -0.481 e. The number of carboxylic acid groups (broad SMARTS) is 1. The Balaban J connectivity index is 0.000000481. The van der Waals surface area contributed by atoms with Crippen molar-refractivity contribution in [3.63, 3.8) is 0 Å². The van der Waals surface area contributed by atoms with Gasteiger partial charge in [0, 0.05) is 30.8 Å². The first-order valence-electron chi connectivity index (χ1n) is 10.2. The van der Waals surface area contributed by atoms with Gasteiger partial charge < -0.3 is 5.11 Å². The second-order valence-electron chi connectivity index (χ2n) is 9.38. The van der Waals surface area contributed by atoms with E-state index >= 15 is 0 Å². The maximum absolute atomic E-state index is 12.1. The Hall–Kier alpha value is -1.71. The SMILES string of the molecule is CC(=O)C1=CC=C2[C@@H]3CCC4CC(=O)CC[C@]4(C)[C@H]3CC[C@]12C.CC(=O)O. The van der Waals surface area contributed by atoms with E-state index in [1.54, 1.807) is 6.92 Å². The zero-order valence-electron chi connectivity index (χ0n) is 17.0. The molecule has 4 rings (SSSR count). The van der Waals surface area contributed by atoms with Crippen LogP contribution in [0.25, 0.3) is 0 Å². The summed E-state index contributed by atoms with van der Waals surface area (Å²) in [5.41, 5.74) is 2.87. The highest BCUT2D eigenvalue weighted by molar-refractivity contribution is 5.96. The van der Waals surface area contributed by atoms with E-state index in [-0.39, 0.29) is 11.2 Å². The smallest absolute Gasteiger partial charge is 0.300 e. The monoisotopic (exact) mass is 372 g/mol. The number of ketones is 2. The van der Waals surface area contributed by atoms with Crippen molar-refractivity contribution in [2.24, 2.45) is 28.6 Å². The van der Waals surface area contributed by atoms with Crippen LogP contribution < -0.4 is 0 Å². The number of carbonyl (C=O) groups excluding carboxylic acids is 2. The zero-order valence-corrected chi connectivity index (χ0v) is 17.0. The van der Waals surface area contributed by atoms with Crippen LogP contribution >= 0.6 is 0 Å². The molecule has 4 heteroatoms. The topological polar surface area (TPSA) is 71.4 Å². The molecule has 0 aromatic rings. The van der Waals surface area contributed by atoms with E-state index in [9.17, 15) is 9.59 Å². The zero-order chi connectivity index (χ0) is 20.0. The van der Waals surface area contributed by atoms with Crippen molar-refractivity contribution >= 4 is 17.5 Å². The van der Waals surface area contributed by atoms with Crippen LogP contribution in [0.5, 0.6) is 0 Å². The van der Waals surface area contributed by atoms with E-state index in [4.69, 9.17) is 9.90 Å². The lowest BCUT2D eigenvalue weighted by Gasteiger charge is -2.58. The molecule has 1 unspecified atom stereocenters. The summed E-state index contributed by atoms with van der Waals surface area (Å²) in [6, 6.07) is 0. The Labute approximate surface area is 162 Å². The van der Waals surface area contributed by atoms with E-state index in [1.165, 1.54) is 24.8 Å². The lowest BCUT2D eigenvalue weighted by atomic mass is 9.46. The third-order valence-electron chi connectivity index (χ3n) is 7.90. The summed E-state index contributed by atoms with van der Waals surface area (Å²) < 4.78 is 0. The standard InChI is InChI=1S/C21H28O2.C2H4O2/c1-13(22)17-6-7-18-16-5-4-14-12-15(23)8-10-20(14,2)19(16)9-11-21(17,18)3;1-2(3)4/h6-7,14,16,19H,4-5,8-12H2,1-3H3;1H3,(H,3,4)/t14?,16-,19-,20-,21+;/m0./s1. The van der Waals surface area contributed by atoms with E-state index in [2.05, 4.69) is 26.0 Å². The maximum Gasteiger partial charge on any atom is 0.300 e. The third-order valence-corrected chi connectivity index (χ3v) is 7.90. The Kier molecular flexibility index (Phi) is 5.22. The summed E-state index contributed by atoms with van der Waals surface area (Å²) in [6.45, 7) is 7.54. The molecule has 0 amide bonds. The van der Waals surface area contributed by atoms with Crippen LogP contribution in [0, 0.1) is 28.6 Å². The van der Waals surface area contributed by atoms with Crippen molar-refractivity contribution in [1.82, 2.24) is 0 Å². The highest BCUT2D eigenvalue weighted by Crippen LogP contribution is 2.64. The molecule has 0 bridgehead atoms. The number of hydrogen-bond donors (Lipinski definition) is 1. The van der Waals surface area contributed by atoms with E-state index in [0.717, 1.165) is 38.2 Å². The summed E-state index contributed by atoms with van der Waals surface area (Å²) >= 11 is 0. The van der Waals surface area contributed by atoms with Crippen LogP contribution in [-0.2, 0) is 14.4 Å². The van der Waals surface area contributed by atoms with Crippen molar-refractivity contribution < 1.29 is 19.5 Å². The number of carbonyl (C=O) groups is 3. The quantitative estimate of drug-likeness (QED) is 0.722. The van der Waals surface area contributed by atoms with Gasteiger partial charge in [-0.15, -0.1) is 0 Å². The summed E-state index contributed by atoms with van der Waals surface area (Å²) in [5, 5.41) is 7.42. The molecule has 3 fully saturated rings. The Morgan fingerprint density at radius 1 is 1.07 bits per heavy atom. The number of carboxylic acids is 1. The number of allylic oxidation sites excluding steroid dienone is 4. The number of aliphatic carboxylic acids is 1.